The molecule has 1 aromatic carbocycles. The van der Waals surface area contributed by atoms with Crippen LogP contribution in [0, 0.1) is 17.3 Å². The third kappa shape index (κ3) is 3.77. The molecule has 0 amide bonds. The molecule has 0 aromatic heterocycles. The van der Waals surface area contributed by atoms with Gasteiger partial charge < -0.3 is 5.32 Å². The van der Waals surface area contributed by atoms with Gasteiger partial charge in [-0.05, 0) is 73.7 Å². The summed E-state index contributed by atoms with van der Waals surface area (Å²) < 4.78 is 0. The standard InChI is InChI=1S/C18H28ClN/c1-18(2,3)15-9-8-14(12-20-4)17(11-15)13-6-5-7-16(19)10-13/h5-7,10,14-15,17,20H,8-9,11-12H2,1-4H3. The summed E-state index contributed by atoms with van der Waals surface area (Å²) in [6.07, 6.45) is 3.96. The van der Waals surface area contributed by atoms with Gasteiger partial charge in [0.05, 0.1) is 0 Å². The first kappa shape index (κ1) is 15.9. The zero-order valence-electron chi connectivity index (χ0n) is 13.2. The van der Waals surface area contributed by atoms with Gasteiger partial charge in [0.2, 0.25) is 0 Å². The molecule has 3 atom stereocenters. The second kappa shape index (κ2) is 6.49. The topological polar surface area (TPSA) is 12.0 Å². The Balaban J connectivity index is 2.23. The summed E-state index contributed by atoms with van der Waals surface area (Å²) in [5.41, 5.74) is 1.83. The highest BCUT2D eigenvalue weighted by atomic mass is 35.5. The largest absolute Gasteiger partial charge is 0.319 e. The van der Waals surface area contributed by atoms with Crippen LogP contribution in [0.25, 0.3) is 0 Å². The predicted molar refractivity (Wildman–Crippen MR) is 88.4 cm³/mol. The molecule has 1 aromatic rings. The van der Waals surface area contributed by atoms with Crippen LogP contribution in [0.3, 0.4) is 0 Å². The fourth-order valence-electron chi connectivity index (χ4n) is 3.67. The van der Waals surface area contributed by atoms with Gasteiger partial charge in [-0.2, -0.15) is 0 Å². The summed E-state index contributed by atoms with van der Waals surface area (Å²) in [6.45, 7) is 8.25. The van der Waals surface area contributed by atoms with E-state index >= 15 is 0 Å². The number of hydrogen-bond donors (Lipinski definition) is 1. The average molecular weight is 294 g/mol. The molecule has 0 bridgehead atoms. The molecule has 0 saturated heterocycles. The molecule has 3 unspecified atom stereocenters. The van der Waals surface area contributed by atoms with Crippen LogP contribution in [0.15, 0.2) is 24.3 Å². The first-order valence-electron chi connectivity index (χ1n) is 7.82. The van der Waals surface area contributed by atoms with Crippen molar-refractivity contribution in [3.05, 3.63) is 34.9 Å². The molecule has 2 rings (SSSR count). The molecule has 0 heterocycles. The van der Waals surface area contributed by atoms with Crippen LogP contribution >= 0.6 is 11.6 Å². The van der Waals surface area contributed by atoms with Crippen molar-refractivity contribution in [2.45, 2.75) is 46.0 Å². The van der Waals surface area contributed by atoms with E-state index < -0.39 is 0 Å². The van der Waals surface area contributed by atoms with Crippen LogP contribution in [0.2, 0.25) is 5.02 Å². The van der Waals surface area contributed by atoms with Gasteiger partial charge in [0.15, 0.2) is 0 Å². The van der Waals surface area contributed by atoms with Crippen LogP contribution in [0.5, 0.6) is 0 Å². The van der Waals surface area contributed by atoms with Gasteiger partial charge in [-0.3, -0.25) is 0 Å². The Morgan fingerprint density at radius 1 is 1.25 bits per heavy atom. The average Bonchev–Trinajstić information content (AvgIpc) is 2.38. The lowest BCUT2D eigenvalue weighted by molar-refractivity contribution is 0.130. The van der Waals surface area contributed by atoms with Crippen LogP contribution in [0.4, 0.5) is 0 Å². The highest BCUT2D eigenvalue weighted by molar-refractivity contribution is 6.30. The minimum absolute atomic E-state index is 0.404. The lowest BCUT2D eigenvalue weighted by atomic mass is 9.64. The number of halogens is 1. The molecule has 2 heteroatoms. The van der Waals surface area contributed by atoms with E-state index in [1.165, 1.54) is 24.8 Å². The van der Waals surface area contributed by atoms with E-state index in [4.69, 9.17) is 11.6 Å². The Labute approximate surface area is 129 Å². The van der Waals surface area contributed by atoms with Gasteiger partial charge in [0.1, 0.15) is 0 Å². The SMILES string of the molecule is CNCC1CCC(C(C)(C)C)CC1c1cccc(Cl)c1. The van der Waals surface area contributed by atoms with Gasteiger partial charge in [-0.15, -0.1) is 0 Å². The third-order valence-corrected chi connectivity index (χ3v) is 5.20. The first-order chi connectivity index (χ1) is 9.41. The summed E-state index contributed by atoms with van der Waals surface area (Å²) in [4.78, 5) is 0. The summed E-state index contributed by atoms with van der Waals surface area (Å²) in [7, 11) is 2.06. The fourth-order valence-corrected chi connectivity index (χ4v) is 3.87. The van der Waals surface area contributed by atoms with Crippen LogP contribution in [-0.4, -0.2) is 13.6 Å². The quantitative estimate of drug-likeness (QED) is 0.817. The highest BCUT2D eigenvalue weighted by Crippen LogP contribution is 2.46. The van der Waals surface area contributed by atoms with Gasteiger partial charge in [-0.1, -0.05) is 44.5 Å². The Hall–Kier alpha value is -0.530. The normalized spacial score (nSPS) is 27.6. The molecule has 1 aliphatic carbocycles. The van der Waals surface area contributed by atoms with Crippen molar-refractivity contribution < 1.29 is 0 Å². The smallest absolute Gasteiger partial charge is 0.0408 e. The van der Waals surface area contributed by atoms with Gasteiger partial charge in [-0.25, -0.2) is 0 Å². The maximum Gasteiger partial charge on any atom is 0.0408 e. The number of hydrogen-bond acceptors (Lipinski definition) is 1. The number of benzene rings is 1. The van der Waals surface area contributed by atoms with Gasteiger partial charge >= 0.3 is 0 Å². The predicted octanol–water partition coefficient (Wildman–Crippen LogP) is 5.11. The van der Waals surface area contributed by atoms with Crippen molar-refractivity contribution >= 4 is 11.6 Å². The van der Waals surface area contributed by atoms with Crippen molar-refractivity contribution in [2.75, 3.05) is 13.6 Å². The Morgan fingerprint density at radius 2 is 2.00 bits per heavy atom. The molecule has 1 nitrogen and oxygen atoms in total. The highest BCUT2D eigenvalue weighted by Gasteiger charge is 2.36. The molecule has 0 aliphatic heterocycles. The Kier molecular flexibility index (Phi) is 5.14. The Morgan fingerprint density at radius 3 is 2.60 bits per heavy atom. The number of rotatable bonds is 3. The van der Waals surface area contributed by atoms with Crippen LogP contribution < -0.4 is 5.32 Å². The lowest BCUT2D eigenvalue weighted by Gasteiger charge is -2.42. The summed E-state index contributed by atoms with van der Waals surface area (Å²) in [5.74, 6) is 2.18. The van der Waals surface area contributed by atoms with Crippen molar-refractivity contribution in [1.29, 1.82) is 0 Å². The lowest BCUT2D eigenvalue weighted by Crippen LogP contribution is -2.34. The molecule has 1 saturated carbocycles. The van der Waals surface area contributed by atoms with Crippen molar-refractivity contribution in [3.8, 4) is 0 Å². The molecule has 1 N–H and O–H groups in total. The van der Waals surface area contributed by atoms with E-state index in [1.54, 1.807) is 0 Å². The molecular weight excluding hydrogens is 266 g/mol. The monoisotopic (exact) mass is 293 g/mol. The molecule has 1 fully saturated rings. The molecule has 112 valence electrons. The van der Waals surface area contributed by atoms with E-state index in [2.05, 4.69) is 51.3 Å². The minimum atomic E-state index is 0.404. The maximum absolute atomic E-state index is 6.20. The molecule has 0 spiro atoms. The van der Waals surface area contributed by atoms with E-state index in [-0.39, 0.29) is 0 Å². The summed E-state index contributed by atoms with van der Waals surface area (Å²) in [5, 5.41) is 4.24. The molecule has 0 radical (unpaired) electrons. The Bertz CT molecular complexity index is 435. The van der Waals surface area contributed by atoms with E-state index in [1.807, 2.05) is 6.07 Å². The van der Waals surface area contributed by atoms with Crippen molar-refractivity contribution in [3.63, 3.8) is 0 Å². The third-order valence-electron chi connectivity index (χ3n) is 4.96. The van der Waals surface area contributed by atoms with Gasteiger partial charge in [0.25, 0.3) is 0 Å². The molecular formula is C18H28ClN. The van der Waals surface area contributed by atoms with E-state index in [0.717, 1.165) is 23.4 Å². The zero-order chi connectivity index (χ0) is 14.8. The minimum Gasteiger partial charge on any atom is -0.319 e. The second-order valence-corrected chi connectivity index (χ2v) is 7.79. The summed E-state index contributed by atoms with van der Waals surface area (Å²) in [6, 6.07) is 8.49. The maximum atomic E-state index is 6.20. The summed E-state index contributed by atoms with van der Waals surface area (Å²) >= 11 is 6.20. The van der Waals surface area contributed by atoms with Crippen LogP contribution in [0.1, 0.15) is 51.5 Å². The first-order valence-corrected chi connectivity index (χ1v) is 8.19. The fraction of sp³-hybridized carbons (Fsp3) is 0.667. The van der Waals surface area contributed by atoms with Crippen molar-refractivity contribution in [1.82, 2.24) is 5.32 Å². The number of nitrogens with one attached hydrogen (secondary N) is 1. The zero-order valence-corrected chi connectivity index (χ0v) is 14.0. The molecule has 20 heavy (non-hydrogen) atoms. The van der Waals surface area contributed by atoms with Crippen molar-refractivity contribution in [2.24, 2.45) is 17.3 Å². The van der Waals surface area contributed by atoms with Crippen LogP contribution in [-0.2, 0) is 0 Å². The molecule has 1 aliphatic rings. The van der Waals surface area contributed by atoms with Gasteiger partial charge in [0, 0.05) is 5.02 Å². The van der Waals surface area contributed by atoms with E-state index in [0.29, 0.717) is 11.3 Å². The second-order valence-electron chi connectivity index (χ2n) is 7.36. The van der Waals surface area contributed by atoms with E-state index in [9.17, 15) is 0 Å².